The Bertz CT molecular complexity index is 524. The molecule has 2 aromatic rings. The molecule has 0 aliphatic carbocycles. The van der Waals surface area contributed by atoms with Gasteiger partial charge in [0.05, 0.1) is 8.66 Å². The van der Waals surface area contributed by atoms with Crippen LogP contribution in [0.15, 0.2) is 34.1 Å². The van der Waals surface area contributed by atoms with Crippen molar-refractivity contribution in [2.24, 2.45) is 0 Å². The van der Waals surface area contributed by atoms with Gasteiger partial charge >= 0.3 is 0 Å². The van der Waals surface area contributed by atoms with Crippen LogP contribution in [-0.4, -0.2) is 10.9 Å². The lowest BCUT2D eigenvalue weighted by molar-refractivity contribution is 0.103. The number of amides is 1. The first-order valence-electron chi connectivity index (χ1n) is 4.65. The van der Waals surface area contributed by atoms with Gasteiger partial charge < -0.3 is 5.32 Å². The first-order valence-corrected chi connectivity index (χ1v) is 6.26. The molecule has 1 N–H and O–H groups in total. The first-order chi connectivity index (χ1) is 7.65. The average Bonchev–Trinajstić information content (AvgIpc) is 2.65. The molecule has 0 spiro atoms. The van der Waals surface area contributed by atoms with E-state index >= 15 is 0 Å². The first kappa shape index (κ1) is 11.3. The van der Waals surface area contributed by atoms with Crippen LogP contribution in [0.25, 0.3) is 0 Å². The van der Waals surface area contributed by atoms with E-state index in [2.05, 4.69) is 26.2 Å². The Labute approximate surface area is 106 Å². The lowest BCUT2D eigenvalue weighted by Gasteiger charge is -2.02. The normalized spacial score (nSPS) is 10.1. The largest absolute Gasteiger partial charge is 0.306 e. The van der Waals surface area contributed by atoms with Crippen molar-refractivity contribution in [3.63, 3.8) is 0 Å². The average molecular weight is 297 g/mol. The Morgan fingerprint density at radius 1 is 1.38 bits per heavy atom. The second-order valence-corrected chi connectivity index (χ2v) is 5.69. The maximum Gasteiger partial charge on any atom is 0.266 e. The van der Waals surface area contributed by atoms with Gasteiger partial charge in [-0.1, -0.05) is 6.07 Å². The number of nitrogens with zero attached hydrogens (tertiary/aromatic N) is 1. The maximum absolute atomic E-state index is 11.8. The number of pyridine rings is 1. The van der Waals surface area contributed by atoms with Crippen molar-refractivity contribution in [3.8, 4) is 0 Å². The van der Waals surface area contributed by atoms with E-state index < -0.39 is 0 Å². The van der Waals surface area contributed by atoms with Gasteiger partial charge in [0.1, 0.15) is 5.82 Å². The zero-order valence-corrected chi connectivity index (χ0v) is 10.9. The number of aromatic nitrogens is 1. The van der Waals surface area contributed by atoms with Crippen LogP contribution in [0.3, 0.4) is 0 Å². The highest BCUT2D eigenvalue weighted by Gasteiger charge is 2.09. The van der Waals surface area contributed by atoms with Gasteiger partial charge in [-0.2, -0.15) is 0 Å². The minimum absolute atomic E-state index is 0.131. The highest BCUT2D eigenvalue weighted by molar-refractivity contribution is 9.11. The lowest BCUT2D eigenvalue weighted by Crippen LogP contribution is -2.11. The molecule has 2 rings (SSSR count). The van der Waals surface area contributed by atoms with Crippen LogP contribution in [0.2, 0.25) is 0 Å². The van der Waals surface area contributed by atoms with Gasteiger partial charge in [-0.05, 0) is 47.1 Å². The van der Waals surface area contributed by atoms with E-state index in [1.165, 1.54) is 11.3 Å². The Balaban J connectivity index is 2.13. The molecule has 0 aromatic carbocycles. The summed E-state index contributed by atoms with van der Waals surface area (Å²) in [6.07, 6.45) is 0. The molecule has 0 radical (unpaired) electrons. The van der Waals surface area contributed by atoms with Gasteiger partial charge in [0.2, 0.25) is 0 Å². The minimum Gasteiger partial charge on any atom is -0.306 e. The van der Waals surface area contributed by atoms with Crippen LogP contribution < -0.4 is 5.32 Å². The van der Waals surface area contributed by atoms with E-state index in [1.54, 1.807) is 12.1 Å². The summed E-state index contributed by atoms with van der Waals surface area (Å²) >= 11 is 4.72. The van der Waals surface area contributed by atoms with Gasteiger partial charge in [-0.25, -0.2) is 4.98 Å². The number of hydrogen-bond donors (Lipinski definition) is 1. The smallest absolute Gasteiger partial charge is 0.266 e. The van der Waals surface area contributed by atoms with Crippen LogP contribution >= 0.6 is 27.3 Å². The fraction of sp³-hybridized carbons (Fsp3) is 0.0909. The summed E-state index contributed by atoms with van der Waals surface area (Å²) < 4.78 is 0.940. The maximum atomic E-state index is 11.8. The molecular formula is C11H9BrN2OS. The second kappa shape index (κ2) is 4.76. The SMILES string of the molecule is Cc1cccc(NC(=O)c2ccc(Br)s2)n1. The van der Waals surface area contributed by atoms with Crippen LogP contribution in [0, 0.1) is 6.92 Å². The summed E-state index contributed by atoms with van der Waals surface area (Å²) in [6, 6.07) is 9.15. The van der Waals surface area contributed by atoms with E-state index in [9.17, 15) is 4.79 Å². The quantitative estimate of drug-likeness (QED) is 0.922. The number of rotatable bonds is 2. The second-order valence-electron chi connectivity index (χ2n) is 3.22. The molecule has 2 aromatic heterocycles. The number of aryl methyl sites for hydroxylation is 1. The zero-order valence-electron chi connectivity index (χ0n) is 8.53. The van der Waals surface area contributed by atoms with E-state index in [-0.39, 0.29) is 5.91 Å². The van der Waals surface area contributed by atoms with Crippen LogP contribution in [0.1, 0.15) is 15.4 Å². The predicted octanol–water partition coefficient (Wildman–Crippen LogP) is 3.47. The zero-order chi connectivity index (χ0) is 11.5. The molecule has 0 unspecified atom stereocenters. The van der Waals surface area contributed by atoms with Crippen molar-refractivity contribution in [2.45, 2.75) is 6.92 Å². The molecular weight excluding hydrogens is 288 g/mol. The van der Waals surface area contributed by atoms with Crippen LogP contribution in [0.4, 0.5) is 5.82 Å². The number of nitrogens with one attached hydrogen (secondary N) is 1. The predicted molar refractivity (Wildman–Crippen MR) is 68.9 cm³/mol. The molecule has 2 heterocycles. The van der Waals surface area contributed by atoms with Crippen molar-refractivity contribution < 1.29 is 4.79 Å². The third kappa shape index (κ3) is 2.68. The fourth-order valence-corrected chi connectivity index (χ4v) is 2.51. The number of hydrogen-bond acceptors (Lipinski definition) is 3. The molecule has 0 bridgehead atoms. The van der Waals surface area contributed by atoms with E-state index in [1.807, 2.05) is 25.1 Å². The number of halogens is 1. The molecule has 0 saturated carbocycles. The van der Waals surface area contributed by atoms with Gasteiger partial charge in [0, 0.05) is 5.69 Å². The van der Waals surface area contributed by atoms with Crippen LogP contribution in [0.5, 0.6) is 0 Å². The fourth-order valence-electron chi connectivity index (χ4n) is 1.23. The molecule has 1 amide bonds. The van der Waals surface area contributed by atoms with Crippen molar-refractivity contribution in [1.29, 1.82) is 0 Å². The van der Waals surface area contributed by atoms with Crippen molar-refractivity contribution >= 4 is 39.0 Å². The molecule has 16 heavy (non-hydrogen) atoms. The summed E-state index contributed by atoms with van der Waals surface area (Å²) in [5.74, 6) is 0.448. The van der Waals surface area contributed by atoms with Gasteiger partial charge in [0.15, 0.2) is 0 Å². The highest BCUT2D eigenvalue weighted by Crippen LogP contribution is 2.22. The summed E-state index contributed by atoms with van der Waals surface area (Å²) in [6.45, 7) is 1.89. The summed E-state index contributed by atoms with van der Waals surface area (Å²) in [7, 11) is 0. The molecule has 3 nitrogen and oxygen atoms in total. The molecule has 5 heteroatoms. The van der Waals surface area contributed by atoms with Crippen LogP contribution in [-0.2, 0) is 0 Å². The standard InChI is InChI=1S/C11H9BrN2OS/c1-7-3-2-4-10(13-7)14-11(15)8-5-6-9(12)16-8/h2-6H,1H3,(H,13,14,15). The third-order valence-corrected chi connectivity index (χ3v) is 3.55. The van der Waals surface area contributed by atoms with Gasteiger partial charge in [0.25, 0.3) is 5.91 Å². The number of carbonyl (C=O) groups is 1. The monoisotopic (exact) mass is 296 g/mol. The van der Waals surface area contributed by atoms with Crippen molar-refractivity contribution in [3.05, 3.63) is 44.7 Å². The van der Waals surface area contributed by atoms with Crippen molar-refractivity contribution in [1.82, 2.24) is 4.98 Å². The number of anilines is 1. The third-order valence-electron chi connectivity index (χ3n) is 1.93. The topological polar surface area (TPSA) is 42.0 Å². The Morgan fingerprint density at radius 2 is 2.19 bits per heavy atom. The molecule has 0 atom stereocenters. The van der Waals surface area contributed by atoms with Crippen molar-refractivity contribution in [2.75, 3.05) is 5.32 Å². The number of thiophene rings is 1. The Hall–Kier alpha value is -1.20. The summed E-state index contributed by atoms with van der Waals surface area (Å²) in [5, 5.41) is 2.75. The molecule has 0 aliphatic heterocycles. The summed E-state index contributed by atoms with van der Waals surface area (Å²) in [5.41, 5.74) is 0.880. The lowest BCUT2D eigenvalue weighted by atomic mass is 10.3. The highest BCUT2D eigenvalue weighted by atomic mass is 79.9. The van der Waals surface area contributed by atoms with Gasteiger partial charge in [-0.15, -0.1) is 11.3 Å². The Morgan fingerprint density at radius 3 is 2.81 bits per heavy atom. The van der Waals surface area contributed by atoms with Gasteiger partial charge in [-0.3, -0.25) is 4.79 Å². The van der Waals surface area contributed by atoms with E-state index in [0.717, 1.165) is 9.48 Å². The number of carbonyl (C=O) groups excluding carboxylic acids is 1. The van der Waals surface area contributed by atoms with E-state index in [0.29, 0.717) is 10.7 Å². The summed E-state index contributed by atoms with van der Waals surface area (Å²) in [4.78, 5) is 16.6. The molecule has 82 valence electrons. The minimum atomic E-state index is -0.131. The van der Waals surface area contributed by atoms with E-state index in [4.69, 9.17) is 0 Å². The molecule has 0 fully saturated rings. The Kier molecular flexibility index (Phi) is 3.36. The molecule has 0 aliphatic rings. The molecule has 0 saturated heterocycles.